The molecule has 0 atom stereocenters. The van der Waals surface area contributed by atoms with Gasteiger partial charge in [-0.15, -0.1) is 0 Å². The van der Waals surface area contributed by atoms with Crippen LogP contribution in [0.1, 0.15) is 28.9 Å². The van der Waals surface area contributed by atoms with Gasteiger partial charge >= 0.3 is 11.9 Å². The zero-order chi connectivity index (χ0) is 13.0. The Labute approximate surface area is 99.5 Å². The van der Waals surface area contributed by atoms with Crippen molar-refractivity contribution in [3.05, 3.63) is 17.2 Å². The van der Waals surface area contributed by atoms with Crippen LogP contribution >= 0.6 is 0 Å². The lowest BCUT2D eigenvalue weighted by atomic mass is 10.3. The largest absolute Gasteiger partial charge is 0.469 e. The van der Waals surface area contributed by atoms with Crippen LogP contribution in [0.25, 0.3) is 0 Å². The summed E-state index contributed by atoms with van der Waals surface area (Å²) in [4.78, 5) is 26.8. The van der Waals surface area contributed by atoms with Crippen molar-refractivity contribution >= 4 is 11.9 Å². The first-order valence-corrected chi connectivity index (χ1v) is 5.27. The molecular weight excluding hydrogens is 224 g/mol. The summed E-state index contributed by atoms with van der Waals surface area (Å²) in [6, 6.07) is 0. The molecule has 0 bridgehead atoms. The monoisotopic (exact) mass is 240 g/mol. The van der Waals surface area contributed by atoms with Gasteiger partial charge < -0.3 is 14.0 Å². The number of rotatable bonds is 4. The molecule has 0 saturated carbocycles. The molecule has 17 heavy (non-hydrogen) atoms. The van der Waals surface area contributed by atoms with Crippen molar-refractivity contribution in [3.63, 3.8) is 0 Å². The fourth-order valence-corrected chi connectivity index (χ4v) is 1.39. The number of hydrogen-bond acceptors (Lipinski definition) is 5. The molecule has 6 heteroatoms. The molecule has 1 aromatic rings. The third-order valence-corrected chi connectivity index (χ3v) is 2.47. The molecule has 94 valence electrons. The van der Waals surface area contributed by atoms with Crippen LogP contribution in [0, 0.1) is 6.92 Å². The van der Waals surface area contributed by atoms with Gasteiger partial charge in [0.25, 0.3) is 0 Å². The van der Waals surface area contributed by atoms with E-state index in [0.717, 1.165) is 0 Å². The summed E-state index contributed by atoms with van der Waals surface area (Å²) in [5.74, 6) is -0.386. The molecule has 0 aliphatic rings. The Balaban J connectivity index is 2.99. The molecule has 0 unspecified atom stereocenters. The Hall–Kier alpha value is -1.85. The topological polar surface area (TPSA) is 70.4 Å². The predicted molar refractivity (Wildman–Crippen MR) is 59.6 cm³/mol. The second kappa shape index (κ2) is 5.47. The van der Waals surface area contributed by atoms with Gasteiger partial charge in [0, 0.05) is 12.7 Å². The summed E-state index contributed by atoms with van der Waals surface area (Å²) in [7, 11) is 3.05. The fourth-order valence-electron chi connectivity index (χ4n) is 1.39. The molecule has 1 heterocycles. The summed E-state index contributed by atoms with van der Waals surface area (Å²) >= 11 is 0. The van der Waals surface area contributed by atoms with Gasteiger partial charge in [0.2, 0.25) is 0 Å². The zero-order valence-electron chi connectivity index (χ0n) is 10.4. The van der Waals surface area contributed by atoms with Crippen molar-refractivity contribution in [2.45, 2.75) is 20.3 Å². The lowest BCUT2D eigenvalue weighted by molar-refractivity contribution is -0.139. The van der Waals surface area contributed by atoms with Crippen LogP contribution in [-0.2, 0) is 27.7 Å². The highest BCUT2D eigenvalue weighted by atomic mass is 16.5. The standard InChI is InChI=1S/C11H16N2O4/c1-5-17-11(15)10-7(2)13(3)8(12-10)6-9(14)16-4/h5-6H2,1-4H3. The van der Waals surface area contributed by atoms with Crippen LogP contribution in [0.5, 0.6) is 0 Å². The molecule has 0 aliphatic carbocycles. The second-order valence-corrected chi connectivity index (χ2v) is 3.49. The summed E-state index contributed by atoms with van der Waals surface area (Å²) in [6.07, 6.45) is 0.0350. The van der Waals surface area contributed by atoms with Gasteiger partial charge in [-0.1, -0.05) is 0 Å². The Morgan fingerprint density at radius 3 is 2.59 bits per heavy atom. The third-order valence-electron chi connectivity index (χ3n) is 2.47. The maximum absolute atomic E-state index is 11.6. The van der Waals surface area contributed by atoms with E-state index in [9.17, 15) is 9.59 Å². The number of ether oxygens (including phenoxy) is 2. The summed E-state index contributed by atoms with van der Waals surface area (Å²) in [5.41, 5.74) is 0.913. The van der Waals surface area contributed by atoms with Gasteiger partial charge in [-0.2, -0.15) is 0 Å². The number of nitrogens with zero attached hydrogens (tertiary/aromatic N) is 2. The first kappa shape index (κ1) is 13.2. The smallest absolute Gasteiger partial charge is 0.358 e. The number of esters is 2. The molecular formula is C11H16N2O4. The zero-order valence-corrected chi connectivity index (χ0v) is 10.4. The molecule has 0 aromatic carbocycles. The first-order chi connectivity index (χ1) is 8.01. The molecule has 6 nitrogen and oxygen atoms in total. The minimum Gasteiger partial charge on any atom is -0.469 e. The van der Waals surface area contributed by atoms with E-state index in [-0.39, 0.29) is 12.1 Å². The van der Waals surface area contributed by atoms with Crippen LogP contribution in [0.3, 0.4) is 0 Å². The predicted octanol–water partition coefficient (Wildman–Crippen LogP) is 0.621. The molecule has 1 rings (SSSR count). The maximum Gasteiger partial charge on any atom is 0.358 e. The number of aromatic nitrogens is 2. The maximum atomic E-state index is 11.6. The van der Waals surface area contributed by atoms with E-state index in [2.05, 4.69) is 9.72 Å². The Bertz CT molecular complexity index is 437. The minimum atomic E-state index is -0.475. The summed E-state index contributed by atoms with van der Waals surface area (Å²) in [5, 5.41) is 0. The van der Waals surface area contributed by atoms with Gasteiger partial charge in [0.05, 0.1) is 13.7 Å². The van der Waals surface area contributed by atoms with Crippen LogP contribution < -0.4 is 0 Å². The van der Waals surface area contributed by atoms with E-state index in [4.69, 9.17) is 4.74 Å². The number of hydrogen-bond donors (Lipinski definition) is 0. The molecule has 0 fully saturated rings. The molecule has 0 spiro atoms. The SMILES string of the molecule is CCOC(=O)c1nc(CC(=O)OC)n(C)c1C. The lowest BCUT2D eigenvalue weighted by Crippen LogP contribution is -2.09. The molecule has 0 amide bonds. The van der Waals surface area contributed by atoms with Crippen LogP contribution in [0.2, 0.25) is 0 Å². The van der Waals surface area contributed by atoms with E-state index in [1.807, 2.05) is 0 Å². The average Bonchev–Trinajstić information content (AvgIpc) is 2.57. The van der Waals surface area contributed by atoms with E-state index in [1.54, 1.807) is 25.5 Å². The van der Waals surface area contributed by atoms with Crippen molar-refractivity contribution in [3.8, 4) is 0 Å². The van der Waals surface area contributed by atoms with Crippen molar-refractivity contribution < 1.29 is 19.1 Å². The normalized spacial score (nSPS) is 10.1. The molecule has 0 radical (unpaired) electrons. The minimum absolute atomic E-state index is 0.0350. The number of methoxy groups -OCH3 is 1. The van der Waals surface area contributed by atoms with Gasteiger partial charge in [0.1, 0.15) is 12.2 Å². The number of imidazole rings is 1. The van der Waals surface area contributed by atoms with E-state index < -0.39 is 11.9 Å². The molecule has 0 N–H and O–H groups in total. The molecule has 0 aliphatic heterocycles. The van der Waals surface area contributed by atoms with E-state index >= 15 is 0 Å². The molecule has 0 saturated heterocycles. The highest BCUT2D eigenvalue weighted by Gasteiger charge is 2.20. The van der Waals surface area contributed by atoms with E-state index in [0.29, 0.717) is 18.1 Å². The quantitative estimate of drug-likeness (QED) is 0.721. The molecule has 1 aromatic heterocycles. The number of carbonyl (C=O) groups is 2. The fraction of sp³-hybridized carbons (Fsp3) is 0.545. The van der Waals surface area contributed by atoms with E-state index in [1.165, 1.54) is 7.11 Å². The van der Waals surface area contributed by atoms with Gasteiger partial charge in [-0.3, -0.25) is 4.79 Å². The van der Waals surface area contributed by atoms with Crippen molar-refractivity contribution in [2.75, 3.05) is 13.7 Å². The van der Waals surface area contributed by atoms with Gasteiger partial charge in [-0.05, 0) is 13.8 Å². The first-order valence-electron chi connectivity index (χ1n) is 5.27. The summed E-state index contributed by atoms with van der Waals surface area (Å²) in [6.45, 7) is 3.77. The van der Waals surface area contributed by atoms with Crippen LogP contribution in [-0.4, -0.2) is 35.2 Å². The third kappa shape index (κ3) is 2.83. The van der Waals surface area contributed by atoms with Crippen LogP contribution in [0.15, 0.2) is 0 Å². The van der Waals surface area contributed by atoms with Gasteiger partial charge in [-0.25, -0.2) is 9.78 Å². The Morgan fingerprint density at radius 1 is 1.41 bits per heavy atom. The summed E-state index contributed by atoms with van der Waals surface area (Å²) < 4.78 is 11.1. The second-order valence-electron chi connectivity index (χ2n) is 3.49. The average molecular weight is 240 g/mol. The Morgan fingerprint density at radius 2 is 2.06 bits per heavy atom. The van der Waals surface area contributed by atoms with Crippen molar-refractivity contribution in [1.29, 1.82) is 0 Å². The lowest BCUT2D eigenvalue weighted by Gasteiger charge is -2.01. The van der Waals surface area contributed by atoms with Crippen molar-refractivity contribution in [1.82, 2.24) is 9.55 Å². The number of carbonyl (C=O) groups excluding carboxylic acids is 2. The van der Waals surface area contributed by atoms with Crippen molar-refractivity contribution in [2.24, 2.45) is 7.05 Å². The van der Waals surface area contributed by atoms with Crippen LogP contribution in [0.4, 0.5) is 0 Å². The Kier molecular flexibility index (Phi) is 4.25. The van der Waals surface area contributed by atoms with Gasteiger partial charge in [0.15, 0.2) is 5.69 Å². The highest BCUT2D eigenvalue weighted by Crippen LogP contribution is 2.11. The highest BCUT2D eigenvalue weighted by molar-refractivity contribution is 5.88.